The third-order valence-electron chi connectivity index (χ3n) is 3.28. The Morgan fingerprint density at radius 2 is 1.15 bits per heavy atom. The minimum absolute atomic E-state index is 0.0322. The Morgan fingerprint density at radius 3 is 1.47 bits per heavy atom. The van der Waals surface area contributed by atoms with Crippen LogP contribution in [0.3, 0.4) is 0 Å². The quantitative estimate of drug-likeness (QED) is 0.234. The first kappa shape index (κ1) is 29.8. The number of carboxylic acids is 3. The fourth-order valence-corrected chi connectivity index (χ4v) is 1.90. The first-order chi connectivity index (χ1) is 15.6. The minimum atomic E-state index is -4.41. The Hall–Kier alpha value is -4.16. The maximum absolute atomic E-state index is 12.2. The molecule has 3 N–H and O–H groups in total. The summed E-state index contributed by atoms with van der Waals surface area (Å²) in [6.07, 6.45) is -7.31. The molecule has 0 radical (unpaired) electrons. The molecule has 2 aromatic carbocycles. The van der Waals surface area contributed by atoms with Crippen molar-refractivity contribution in [3.8, 4) is 0 Å². The fourth-order valence-electron chi connectivity index (χ4n) is 1.90. The van der Waals surface area contributed by atoms with Crippen molar-refractivity contribution < 1.29 is 60.8 Å². The zero-order valence-corrected chi connectivity index (χ0v) is 16.8. The predicted molar refractivity (Wildman–Crippen MR) is 105 cm³/mol. The van der Waals surface area contributed by atoms with Gasteiger partial charge in [-0.15, -0.1) is 0 Å². The van der Waals surface area contributed by atoms with E-state index in [2.05, 4.69) is 0 Å². The summed E-state index contributed by atoms with van der Waals surface area (Å²) in [5, 5.41) is 23.7. The van der Waals surface area contributed by atoms with E-state index in [1.807, 2.05) is 0 Å². The number of alkyl halides is 6. The summed E-state index contributed by atoms with van der Waals surface area (Å²) in [6.45, 7) is 0. The van der Waals surface area contributed by atoms with Crippen molar-refractivity contribution in [3.63, 3.8) is 0 Å². The van der Waals surface area contributed by atoms with E-state index in [4.69, 9.17) is 15.3 Å². The molecule has 0 saturated heterocycles. The van der Waals surface area contributed by atoms with Crippen LogP contribution in [0.2, 0.25) is 0 Å². The van der Waals surface area contributed by atoms with Crippen molar-refractivity contribution in [3.05, 3.63) is 76.9 Å². The molecule has 34 heavy (non-hydrogen) atoms. The number of carboxylic acid groups (broad SMARTS) is 3. The summed E-state index contributed by atoms with van der Waals surface area (Å²) in [7, 11) is 0. The molecule has 0 heterocycles. The van der Waals surface area contributed by atoms with Gasteiger partial charge in [0.05, 0.1) is 11.1 Å². The molecule has 0 saturated carbocycles. The van der Waals surface area contributed by atoms with Gasteiger partial charge in [0.15, 0.2) is 0 Å². The highest BCUT2D eigenvalue weighted by atomic mass is 19.4. The fraction of sp³-hybridized carbons (Fsp3) is 0.143. The molecule has 0 aromatic heterocycles. The van der Waals surface area contributed by atoms with Gasteiger partial charge in [-0.25, -0.2) is 4.79 Å². The van der Waals surface area contributed by atoms with E-state index in [-0.39, 0.29) is 11.1 Å². The average Bonchev–Trinajstić information content (AvgIpc) is 2.71. The summed E-state index contributed by atoms with van der Waals surface area (Å²) >= 11 is 0. The molecule has 0 spiro atoms. The Bertz CT molecular complexity index is 1010. The predicted octanol–water partition coefficient (Wildman–Crippen LogP) is 4.87. The number of rotatable bonds is 5. The third-order valence-corrected chi connectivity index (χ3v) is 3.28. The van der Waals surface area contributed by atoms with Gasteiger partial charge in [-0.05, 0) is 35.9 Å². The number of aliphatic carboxylic acids is 3. The second kappa shape index (κ2) is 13.4. The molecule has 0 aliphatic rings. The van der Waals surface area contributed by atoms with Crippen LogP contribution in [0.1, 0.15) is 33.5 Å². The highest BCUT2D eigenvalue weighted by Gasteiger charge is 2.30. The number of aldehydes is 1. The molecule has 0 aliphatic carbocycles. The van der Waals surface area contributed by atoms with Gasteiger partial charge < -0.3 is 15.3 Å². The zero-order valence-electron chi connectivity index (χ0n) is 16.8. The van der Waals surface area contributed by atoms with Crippen molar-refractivity contribution in [2.24, 2.45) is 0 Å². The molecular weight excluding hydrogens is 478 g/mol. The second-order valence-electron chi connectivity index (χ2n) is 6.00. The van der Waals surface area contributed by atoms with Crippen molar-refractivity contribution in [1.82, 2.24) is 0 Å². The van der Waals surface area contributed by atoms with Gasteiger partial charge in [0.25, 0.3) is 0 Å². The van der Waals surface area contributed by atoms with E-state index >= 15 is 0 Å². The highest BCUT2D eigenvalue weighted by Crippen LogP contribution is 2.30. The van der Waals surface area contributed by atoms with Crippen molar-refractivity contribution in [2.45, 2.75) is 18.8 Å². The zero-order chi connectivity index (χ0) is 26.5. The summed E-state index contributed by atoms with van der Waals surface area (Å²) in [5.74, 6) is -3.83. The number of carbonyl (C=O) groups excluding carboxylic acids is 1. The molecule has 2 aromatic rings. The lowest BCUT2D eigenvalue weighted by atomic mass is 10.1. The van der Waals surface area contributed by atoms with Gasteiger partial charge in [0, 0.05) is 11.6 Å². The highest BCUT2D eigenvalue weighted by molar-refractivity contribution is 5.88. The number of halogens is 6. The molecule has 13 heteroatoms. The van der Waals surface area contributed by atoms with Gasteiger partial charge in [-0.1, -0.05) is 24.3 Å². The normalized spacial score (nSPS) is 10.9. The maximum Gasteiger partial charge on any atom is 0.416 e. The van der Waals surface area contributed by atoms with Gasteiger partial charge in [0.2, 0.25) is 0 Å². The van der Waals surface area contributed by atoms with Crippen LogP contribution in [0.15, 0.2) is 54.6 Å². The third kappa shape index (κ3) is 13.3. The Morgan fingerprint density at radius 1 is 0.735 bits per heavy atom. The van der Waals surface area contributed by atoms with Crippen molar-refractivity contribution in [2.75, 3.05) is 0 Å². The van der Waals surface area contributed by atoms with Crippen LogP contribution in [0, 0.1) is 0 Å². The Labute approximate surface area is 187 Å². The van der Waals surface area contributed by atoms with Gasteiger partial charge >= 0.3 is 30.3 Å². The number of hydrogen-bond donors (Lipinski definition) is 3. The summed E-state index contributed by atoms with van der Waals surface area (Å²) in [6, 6.07) is 8.70. The van der Waals surface area contributed by atoms with Crippen LogP contribution in [-0.2, 0) is 26.7 Å². The topological polar surface area (TPSA) is 129 Å². The molecule has 0 aliphatic heterocycles. The molecule has 0 bridgehead atoms. The molecule has 0 unspecified atom stereocenters. The van der Waals surface area contributed by atoms with Crippen molar-refractivity contribution in [1.29, 1.82) is 0 Å². The monoisotopic (exact) mass is 494 g/mol. The van der Waals surface area contributed by atoms with E-state index in [0.717, 1.165) is 36.4 Å². The van der Waals surface area contributed by atoms with E-state index in [0.29, 0.717) is 6.29 Å². The Balaban J connectivity index is 0.000000514. The maximum atomic E-state index is 12.2. The van der Waals surface area contributed by atoms with E-state index < -0.39 is 47.8 Å². The van der Waals surface area contributed by atoms with E-state index in [1.165, 1.54) is 24.3 Å². The summed E-state index contributed by atoms with van der Waals surface area (Å²) in [4.78, 5) is 39.1. The van der Waals surface area contributed by atoms with Crippen LogP contribution in [0.25, 0.3) is 6.08 Å². The van der Waals surface area contributed by atoms with Gasteiger partial charge in [-0.3, -0.25) is 14.4 Å². The molecule has 2 rings (SSSR count). The molecule has 7 nitrogen and oxygen atoms in total. The van der Waals surface area contributed by atoms with Crippen LogP contribution in [-0.4, -0.2) is 39.5 Å². The first-order valence-corrected chi connectivity index (χ1v) is 8.70. The lowest BCUT2D eigenvalue weighted by Crippen LogP contribution is -2.04. The summed E-state index contributed by atoms with van der Waals surface area (Å²) in [5.41, 5.74) is -1.36. The summed E-state index contributed by atoms with van der Waals surface area (Å²) < 4.78 is 72.6. The molecular formula is C21H16F6O7. The smallest absolute Gasteiger partial charge is 0.416 e. The van der Waals surface area contributed by atoms with Crippen molar-refractivity contribution >= 4 is 30.3 Å². The van der Waals surface area contributed by atoms with Crippen LogP contribution in [0.5, 0.6) is 0 Å². The molecule has 0 amide bonds. The van der Waals surface area contributed by atoms with Gasteiger partial charge in [0.1, 0.15) is 12.7 Å². The van der Waals surface area contributed by atoms with E-state index in [1.54, 1.807) is 0 Å². The SMILES string of the molecule is O=C(O)/C=C/c1cccc(C(F)(F)F)c1.O=C(O)CC(=O)O.O=Cc1cccc(C(F)(F)F)c1. The number of hydrogen-bond acceptors (Lipinski definition) is 4. The second-order valence-corrected chi connectivity index (χ2v) is 6.00. The standard InChI is InChI=1S/C10H7F3O2.C8H5F3O.C3H4O4/c11-10(12,13)8-3-1-2-7(6-8)4-5-9(14)15;9-8(10,11)7-3-1-2-6(4-7)5-12;4-2(5)1-3(6)7/h1-6H,(H,14,15);1-5H;1H2,(H,4,5)(H,6,7)/b5-4+;;. The van der Waals surface area contributed by atoms with Gasteiger partial charge in [-0.2, -0.15) is 26.3 Å². The van der Waals surface area contributed by atoms with Crippen LogP contribution < -0.4 is 0 Å². The Kier molecular flexibility index (Phi) is 11.8. The molecule has 0 fully saturated rings. The lowest BCUT2D eigenvalue weighted by molar-refractivity contribution is -0.147. The van der Waals surface area contributed by atoms with Crippen LogP contribution in [0.4, 0.5) is 26.3 Å². The minimum Gasteiger partial charge on any atom is -0.481 e. The van der Waals surface area contributed by atoms with E-state index in [9.17, 15) is 45.5 Å². The number of carbonyl (C=O) groups is 4. The molecule has 0 atom stereocenters. The van der Waals surface area contributed by atoms with Crippen LogP contribution >= 0.6 is 0 Å². The number of benzene rings is 2. The molecule has 184 valence electrons. The first-order valence-electron chi connectivity index (χ1n) is 8.70. The average molecular weight is 494 g/mol. The largest absolute Gasteiger partial charge is 0.481 e. The lowest BCUT2D eigenvalue weighted by Gasteiger charge is -2.06.